The van der Waals surface area contributed by atoms with Gasteiger partial charge in [0.1, 0.15) is 5.75 Å². The van der Waals surface area contributed by atoms with Crippen molar-refractivity contribution in [1.82, 2.24) is 5.32 Å². The van der Waals surface area contributed by atoms with Crippen LogP contribution in [0.3, 0.4) is 0 Å². The topological polar surface area (TPSA) is 21.3 Å². The maximum atomic E-state index is 5.52. The highest BCUT2D eigenvalue weighted by atomic mass is 79.9. The van der Waals surface area contributed by atoms with Gasteiger partial charge in [-0.2, -0.15) is 0 Å². The van der Waals surface area contributed by atoms with Crippen LogP contribution in [-0.4, -0.2) is 24.5 Å². The van der Waals surface area contributed by atoms with E-state index in [1.807, 2.05) is 0 Å². The van der Waals surface area contributed by atoms with Crippen molar-refractivity contribution in [1.29, 1.82) is 0 Å². The Kier molecular flexibility index (Phi) is 5.51. The van der Waals surface area contributed by atoms with Gasteiger partial charge in [0, 0.05) is 17.8 Å². The third kappa shape index (κ3) is 3.72. The minimum Gasteiger partial charge on any atom is -0.493 e. The molecule has 3 heteroatoms. The maximum absolute atomic E-state index is 5.52. The molecule has 18 heavy (non-hydrogen) atoms. The molecule has 1 aromatic carbocycles. The molecular formula is C15H22BrNO. The van der Waals surface area contributed by atoms with Gasteiger partial charge in [0.25, 0.3) is 0 Å². The first kappa shape index (κ1) is 13.9. The average Bonchev–Trinajstić information content (AvgIpc) is 2.85. The molecule has 0 amide bonds. The highest BCUT2D eigenvalue weighted by Gasteiger charge is 2.12. The van der Waals surface area contributed by atoms with E-state index in [-0.39, 0.29) is 0 Å². The first-order chi connectivity index (χ1) is 8.83. The Balaban J connectivity index is 1.79. The fourth-order valence-corrected chi connectivity index (χ4v) is 2.95. The van der Waals surface area contributed by atoms with Crippen molar-refractivity contribution in [3.8, 4) is 5.75 Å². The normalized spacial score (nSPS) is 15.2. The molecule has 1 N–H and O–H groups in total. The molecule has 100 valence electrons. The van der Waals surface area contributed by atoms with E-state index in [2.05, 4.69) is 46.4 Å². The van der Waals surface area contributed by atoms with Gasteiger partial charge in [0.15, 0.2) is 0 Å². The quantitative estimate of drug-likeness (QED) is 0.780. The molecule has 0 saturated carbocycles. The second kappa shape index (κ2) is 7.15. The zero-order chi connectivity index (χ0) is 12.8. The van der Waals surface area contributed by atoms with Crippen LogP contribution in [0.5, 0.6) is 5.75 Å². The van der Waals surface area contributed by atoms with Crippen LogP contribution >= 0.6 is 15.9 Å². The standard InChI is InChI=1S/C15H22BrNO/c1-2-14(5-8-16)17-9-6-12-3-4-15-13(11-12)7-10-18-15/h3-4,11,14,17H,2,5-10H2,1H3. The first-order valence-corrected chi connectivity index (χ1v) is 7.99. The molecule has 0 bridgehead atoms. The molecule has 0 saturated heterocycles. The number of nitrogens with one attached hydrogen (secondary N) is 1. The van der Waals surface area contributed by atoms with Crippen LogP contribution in [0.1, 0.15) is 30.9 Å². The molecule has 0 aromatic heterocycles. The SMILES string of the molecule is CCC(CCBr)NCCc1ccc2c(c1)CCO2. The van der Waals surface area contributed by atoms with Crippen LogP contribution in [0.4, 0.5) is 0 Å². The summed E-state index contributed by atoms with van der Waals surface area (Å²) >= 11 is 3.51. The minimum atomic E-state index is 0.641. The number of benzene rings is 1. The number of halogens is 1. The summed E-state index contributed by atoms with van der Waals surface area (Å²) in [4.78, 5) is 0. The molecule has 1 aliphatic heterocycles. The summed E-state index contributed by atoms with van der Waals surface area (Å²) in [5.41, 5.74) is 2.79. The van der Waals surface area contributed by atoms with E-state index in [0.29, 0.717) is 6.04 Å². The van der Waals surface area contributed by atoms with Gasteiger partial charge in [-0.05, 0) is 43.0 Å². The Morgan fingerprint density at radius 2 is 2.33 bits per heavy atom. The van der Waals surface area contributed by atoms with Gasteiger partial charge in [0.05, 0.1) is 6.61 Å². The minimum absolute atomic E-state index is 0.641. The molecule has 2 rings (SSSR count). The second-order valence-corrected chi connectivity index (χ2v) is 5.62. The van der Waals surface area contributed by atoms with Crippen LogP contribution in [-0.2, 0) is 12.8 Å². The smallest absolute Gasteiger partial charge is 0.122 e. The molecule has 0 fully saturated rings. The van der Waals surface area contributed by atoms with E-state index in [1.165, 1.54) is 24.0 Å². The number of alkyl halides is 1. The van der Waals surface area contributed by atoms with E-state index in [0.717, 1.165) is 37.1 Å². The molecule has 0 aliphatic carbocycles. The van der Waals surface area contributed by atoms with Crippen LogP contribution in [0.15, 0.2) is 18.2 Å². The Bertz CT molecular complexity index is 381. The molecule has 1 unspecified atom stereocenters. The molecule has 1 heterocycles. The monoisotopic (exact) mass is 311 g/mol. The van der Waals surface area contributed by atoms with Crippen LogP contribution in [0.25, 0.3) is 0 Å². The average molecular weight is 312 g/mol. The van der Waals surface area contributed by atoms with Gasteiger partial charge in [-0.3, -0.25) is 0 Å². The van der Waals surface area contributed by atoms with Gasteiger partial charge in [-0.15, -0.1) is 0 Å². The Hall–Kier alpha value is -0.540. The lowest BCUT2D eigenvalue weighted by Gasteiger charge is -2.15. The lowest BCUT2D eigenvalue weighted by atomic mass is 10.1. The van der Waals surface area contributed by atoms with Crippen molar-refractivity contribution >= 4 is 15.9 Å². The molecule has 1 atom stereocenters. The Morgan fingerprint density at radius 3 is 3.11 bits per heavy atom. The number of rotatable bonds is 7. The zero-order valence-electron chi connectivity index (χ0n) is 11.0. The second-order valence-electron chi connectivity index (χ2n) is 4.83. The zero-order valence-corrected chi connectivity index (χ0v) is 12.6. The Morgan fingerprint density at radius 1 is 1.44 bits per heavy atom. The molecule has 2 nitrogen and oxygen atoms in total. The van der Waals surface area contributed by atoms with Crippen molar-refractivity contribution < 1.29 is 4.74 Å². The highest BCUT2D eigenvalue weighted by Crippen LogP contribution is 2.25. The van der Waals surface area contributed by atoms with Crippen molar-refractivity contribution in [2.75, 3.05) is 18.5 Å². The van der Waals surface area contributed by atoms with E-state index in [9.17, 15) is 0 Å². The lowest BCUT2D eigenvalue weighted by molar-refractivity contribution is 0.357. The highest BCUT2D eigenvalue weighted by molar-refractivity contribution is 9.09. The van der Waals surface area contributed by atoms with Gasteiger partial charge in [-0.1, -0.05) is 35.0 Å². The van der Waals surface area contributed by atoms with Crippen molar-refractivity contribution in [3.63, 3.8) is 0 Å². The lowest BCUT2D eigenvalue weighted by Crippen LogP contribution is -2.30. The predicted molar refractivity (Wildman–Crippen MR) is 79.8 cm³/mol. The number of fused-ring (bicyclic) bond motifs is 1. The largest absolute Gasteiger partial charge is 0.493 e. The van der Waals surface area contributed by atoms with Crippen molar-refractivity contribution in [2.24, 2.45) is 0 Å². The van der Waals surface area contributed by atoms with Crippen LogP contribution in [0.2, 0.25) is 0 Å². The fourth-order valence-electron chi connectivity index (χ4n) is 2.40. The summed E-state index contributed by atoms with van der Waals surface area (Å²) in [5, 5.41) is 4.70. The van der Waals surface area contributed by atoms with Gasteiger partial charge < -0.3 is 10.1 Å². The summed E-state index contributed by atoms with van der Waals surface area (Å²) < 4.78 is 5.52. The molecule has 1 aliphatic rings. The number of hydrogen-bond acceptors (Lipinski definition) is 2. The van der Waals surface area contributed by atoms with E-state index in [1.54, 1.807) is 0 Å². The van der Waals surface area contributed by atoms with Crippen molar-refractivity contribution in [3.05, 3.63) is 29.3 Å². The summed E-state index contributed by atoms with van der Waals surface area (Å²) in [5.74, 6) is 1.08. The van der Waals surface area contributed by atoms with Gasteiger partial charge in [-0.25, -0.2) is 0 Å². The molecule has 0 radical (unpaired) electrons. The van der Waals surface area contributed by atoms with Gasteiger partial charge >= 0.3 is 0 Å². The van der Waals surface area contributed by atoms with E-state index in [4.69, 9.17) is 4.74 Å². The van der Waals surface area contributed by atoms with Gasteiger partial charge in [0.2, 0.25) is 0 Å². The van der Waals surface area contributed by atoms with Crippen molar-refractivity contribution in [2.45, 2.75) is 38.6 Å². The first-order valence-electron chi connectivity index (χ1n) is 6.87. The maximum Gasteiger partial charge on any atom is 0.122 e. The predicted octanol–water partition coefficient (Wildman–Crippen LogP) is 3.32. The van der Waals surface area contributed by atoms with E-state index < -0.39 is 0 Å². The third-order valence-electron chi connectivity index (χ3n) is 3.55. The van der Waals surface area contributed by atoms with Crippen LogP contribution in [0, 0.1) is 0 Å². The van der Waals surface area contributed by atoms with Crippen LogP contribution < -0.4 is 10.1 Å². The summed E-state index contributed by atoms with van der Waals surface area (Å²) in [6.07, 6.45) is 4.57. The third-order valence-corrected chi connectivity index (χ3v) is 4.01. The number of hydrogen-bond donors (Lipinski definition) is 1. The Labute approximate surface area is 118 Å². The summed E-state index contributed by atoms with van der Waals surface area (Å²) in [6, 6.07) is 7.25. The number of ether oxygens (including phenoxy) is 1. The summed E-state index contributed by atoms with van der Waals surface area (Å²) in [6.45, 7) is 4.15. The van der Waals surface area contributed by atoms with E-state index >= 15 is 0 Å². The molecular weight excluding hydrogens is 290 g/mol. The fraction of sp³-hybridized carbons (Fsp3) is 0.600. The summed E-state index contributed by atoms with van der Waals surface area (Å²) in [7, 11) is 0. The molecule has 1 aromatic rings. The molecule has 0 spiro atoms.